The second-order valence-corrected chi connectivity index (χ2v) is 6.41. The topological polar surface area (TPSA) is 51.1 Å². The van der Waals surface area contributed by atoms with Gasteiger partial charge in [0.05, 0.1) is 30.2 Å². The first kappa shape index (κ1) is 18.7. The highest BCUT2D eigenvalue weighted by Crippen LogP contribution is 2.35. The number of anilines is 1. The van der Waals surface area contributed by atoms with E-state index in [1.807, 2.05) is 68.5 Å². The fourth-order valence-corrected chi connectivity index (χ4v) is 2.80. The number of para-hydroxylation sites is 2. The zero-order valence-corrected chi connectivity index (χ0v) is 16.1. The van der Waals surface area contributed by atoms with Gasteiger partial charge in [-0.1, -0.05) is 37.3 Å². The molecule has 0 bridgehead atoms. The van der Waals surface area contributed by atoms with Crippen LogP contribution in [-0.2, 0) is 4.79 Å². The van der Waals surface area contributed by atoms with E-state index in [9.17, 15) is 4.79 Å². The summed E-state index contributed by atoms with van der Waals surface area (Å²) in [4.78, 5) is 12.9. The maximum Gasteiger partial charge on any atom is 0.280 e. The monoisotopic (exact) mass is 364 g/mol. The van der Waals surface area contributed by atoms with Crippen LogP contribution >= 0.6 is 0 Å². The summed E-state index contributed by atoms with van der Waals surface area (Å²) in [6.07, 6.45) is 2.73. The predicted octanol–water partition coefficient (Wildman–Crippen LogP) is 4.68. The Morgan fingerprint density at radius 1 is 1.15 bits per heavy atom. The molecule has 27 heavy (non-hydrogen) atoms. The van der Waals surface area contributed by atoms with E-state index in [2.05, 4.69) is 12.0 Å². The standard InChI is InChI=1S/C22H24N2O3/c1-5-15(2)27-21-17(10-9-13-20(21)26-4)14-19-16(3)23-24(22(19)25)18-11-7-6-8-12-18/h6-15H,5H2,1-4H3/b19-14+/t15-/m1/s1. The van der Waals surface area contributed by atoms with E-state index in [0.717, 1.165) is 17.7 Å². The molecule has 2 aromatic rings. The Morgan fingerprint density at radius 2 is 1.89 bits per heavy atom. The first-order valence-electron chi connectivity index (χ1n) is 9.05. The highest BCUT2D eigenvalue weighted by molar-refractivity contribution is 6.32. The van der Waals surface area contributed by atoms with Gasteiger partial charge in [-0.2, -0.15) is 10.1 Å². The van der Waals surface area contributed by atoms with Gasteiger partial charge in [-0.05, 0) is 44.5 Å². The lowest BCUT2D eigenvalue weighted by Gasteiger charge is -2.18. The number of amides is 1. The summed E-state index contributed by atoms with van der Waals surface area (Å²) >= 11 is 0. The van der Waals surface area contributed by atoms with Crippen molar-refractivity contribution >= 4 is 23.4 Å². The van der Waals surface area contributed by atoms with Gasteiger partial charge in [0.25, 0.3) is 5.91 Å². The Bertz CT molecular complexity index is 888. The van der Waals surface area contributed by atoms with Crippen molar-refractivity contribution in [3.63, 3.8) is 0 Å². The van der Waals surface area contributed by atoms with E-state index in [1.165, 1.54) is 5.01 Å². The molecule has 1 aliphatic rings. The number of carbonyl (C=O) groups is 1. The van der Waals surface area contributed by atoms with Crippen LogP contribution in [0.5, 0.6) is 11.5 Å². The molecule has 0 saturated carbocycles. The van der Waals surface area contributed by atoms with Crippen molar-refractivity contribution in [1.29, 1.82) is 0 Å². The Hall–Kier alpha value is -3.08. The lowest BCUT2D eigenvalue weighted by Crippen LogP contribution is -2.21. The lowest BCUT2D eigenvalue weighted by atomic mass is 10.1. The SMILES string of the molecule is CC[C@@H](C)Oc1c(/C=C2/C(=O)N(c3ccccc3)N=C2C)cccc1OC. The normalized spacial score (nSPS) is 16.4. The summed E-state index contributed by atoms with van der Waals surface area (Å²) in [5.74, 6) is 1.13. The smallest absolute Gasteiger partial charge is 0.280 e. The van der Waals surface area contributed by atoms with Gasteiger partial charge in [0.2, 0.25) is 0 Å². The minimum Gasteiger partial charge on any atom is -0.493 e. The fourth-order valence-electron chi connectivity index (χ4n) is 2.80. The van der Waals surface area contributed by atoms with Crippen LogP contribution in [0.15, 0.2) is 59.2 Å². The van der Waals surface area contributed by atoms with E-state index in [4.69, 9.17) is 9.47 Å². The second kappa shape index (κ2) is 8.08. The average molecular weight is 364 g/mol. The zero-order chi connectivity index (χ0) is 19.4. The molecule has 0 N–H and O–H groups in total. The Balaban J connectivity index is 2.00. The molecule has 1 aliphatic heterocycles. The van der Waals surface area contributed by atoms with E-state index in [0.29, 0.717) is 22.8 Å². The summed E-state index contributed by atoms with van der Waals surface area (Å²) in [7, 11) is 1.61. The van der Waals surface area contributed by atoms with Crippen LogP contribution in [-0.4, -0.2) is 24.8 Å². The average Bonchev–Trinajstić information content (AvgIpc) is 2.97. The maximum absolute atomic E-state index is 12.9. The maximum atomic E-state index is 12.9. The van der Waals surface area contributed by atoms with E-state index >= 15 is 0 Å². The Kier molecular flexibility index (Phi) is 5.60. The molecule has 1 amide bonds. The second-order valence-electron chi connectivity index (χ2n) is 6.41. The summed E-state index contributed by atoms with van der Waals surface area (Å²) in [6.45, 7) is 5.91. The molecule has 1 atom stereocenters. The van der Waals surface area contributed by atoms with Crippen molar-refractivity contribution in [3.8, 4) is 11.5 Å². The molecular weight excluding hydrogens is 340 g/mol. The molecule has 1 heterocycles. The van der Waals surface area contributed by atoms with Crippen molar-refractivity contribution in [2.24, 2.45) is 5.10 Å². The molecule has 0 aromatic heterocycles. The van der Waals surface area contributed by atoms with Crippen LogP contribution in [0.2, 0.25) is 0 Å². The third-order valence-corrected chi connectivity index (χ3v) is 4.49. The summed E-state index contributed by atoms with van der Waals surface area (Å²) in [5, 5.41) is 5.85. The van der Waals surface area contributed by atoms with Gasteiger partial charge < -0.3 is 9.47 Å². The summed E-state index contributed by atoms with van der Waals surface area (Å²) < 4.78 is 11.5. The van der Waals surface area contributed by atoms with Gasteiger partial charge in [0.15, 0.2) is 11.5 Å². The molecular formula is C22H24N2O3. The Morgan fingerprint density at radius 3 is 2.56 bits per heavy atom. The quantitative estimate of drug-likeness (QED) is 0.700. The lowest BCUT2D eigenvalue weighted by molar-refractivity contribution is -0.114. The molecule has 5 heteroatoms. The summed E-state index contributed by atoms with van der Waals surface area (Å²) in [5.41, 5.74) is 2.75. The van der Waals surface area contributed by atoms with E-state index < -0.39 is 0 Å². The minimum atomic E-state index is -0.156. The van der Waals surface area contributed by atoms with Crippen LogP contribution in [0.4, 0.5) is 5.69 Å². The Labute approximate surface area is 159 Å². The number of hydrogen-bond acceptors (Lipinski definition) is 4. The van der Waals surface area contributed by atoms with Crippen molar-refractivity contribution in [1.82, 2.24) is 0 Å². The fraction of sp³-hybridized carbons (Fsp3) is 0.273. The molecule has 0 aliphatic carbocycles. The number of benzene rings is 2. The highest BCUT2D eigenvalue weighted by Gasteiger charge is 2.29. The molecule has 2 aromatic carbocycles. The van der Waals surface area contributed by atoms with Gasteiger partial charge in [-0.15, -0.1) is 0 Å². The van der Waals surface area contributed by atoms with Crippen LogP contribution < -0.4 is 14.5 Å². The van der Waals surface area contributed by atoms with E-state index in [1.54, 1.807) is 7.11 Å². The molecule has 0 unspecified atom stereocenters. The number of nitrogens with zero attached hydrogens (tertiary/aromatic N) is 2. The van der Waals surface area contributed by atoms with Crippen molar-refractivity contribution in [3.05, 3.63) is 59.7 Å². The molecule has 0 spiro atoms. The molecule has 0 saturated heterocycles. The zero-order valence-electron chi connectivity index (χ0n) is 16.1. The van der Waals surface area contributed by atoms with Crippen LogP contribution in [0.25, 0.3) is 6.08 Å². The van der Waals surface area contributed by atoms with Gasteiger partial charge in [-0.3, -0.25) is 4.79 Å². The molecule has 0 fully saturated rings. The third-order valence-electron chi connectivity index (χ3n) is 4.49. The van der Waals surface area contributed by atoms with Crippen molar-refractivity contribution in [2.75, 3.05) is 12.1 Å². The number of rotatable bonds is 6. The molecule has 140 valence electrons. The largest absolute Gasteiger partial charge is 0.493 e. The first-order valence-corrected chi connectivity index (χ1v) is 9.05. The van der Waals surface area contributed by atoms with E-state index in [-0.39, 0.29) is 12.0 Å². The van der Waals surface area contributed by atoms with Gasteiger partial charge in [0.1, 0.15) is 0 Å². The summed E-state index contributed by atoms with van der Waals surface area (Å²) in [6, 6.07) is 15.1. The minimum absolute atomic E-state index is 0.0355. The van der Waals surface area contributed by atoms with Crippen LogP contribution in [0, 0.1) is 0 Å². The van der Waals surface area contributed by atoms with Gasteiger partial charge in [0, 0.05) is 5.56 Å². The molecule has 5 nitrogen and oxygen atoms in total. The number of hydrazone groups is 1. The predicted molar refractivity (Wildman–Crippen MR) is 108 cm³/mol. The van der Waals surface area contributed by atoms with Gasteiger partial charge in [-0.25, -0.2) is 0 Å². The number of ether oxygens (including phenoxy) is 2. The van der Waals surface area contributed by atoms with Crippen molar-refractivity contribution in [2.45, 2.75) is 33.3 Å². The first-order chi connectivity index (χ1) is 13.0. The van der Waals surface area contributed by atoms with Crippen molar-refractivity contribution < 1.29 is 14.3 Å². The number of methoxy groups -OCH3 is 1. The molecule has 0 radical (unpaired) electrons. The number of hydrogen-bond donors (Lipinski definition) is 0. The van der Waals surface area contributed by atoms with Crippen LogP contribution in [0.1, 0.15) is 32.8 Å². The van der Waals surface area contributed by atoms with Crippen LogP contribution in [0.3, 0.4) is 0 Å². The third kappa shape index (κ3) is 3.87. The number of carbonyl (C=O) groups excluding carboxylic acids is 1. The molecule has 3 rings (SSSR count). The highest BCUT2D eigenvalue weighted by atomic mass is 16.5. The van der Waals surface area contributed by atoms with Gasteiger partial charge >= 0.3 is 0 Å².